The summed E-state index contributed by atoms with van der Waals surface area (Å²) in [5.41, 5.74) is 1.15. The Morgan fingerprint density at radius 3 is 2.64 bits per heavy atom. The van der Waals surface area contributed by atoms with E-state index in [1.165, 1.54) is 40.9 Å². The fourth-order valence-corrected chi connectivity index (χ4v) is 4.23. The Kier molecular flexibility index (Phi) is 5.42. The summed E-state index contributed by atoms with van der Waals surface area (Å²) in [5, 5.41) is 0. The van der Waals surface area contributed by atoms with Crippen molar-refractivity contribution in [2.75, 3.05) is 23.7 Å². The van der Waals surface area contributed by atoms with Gasteiger partial charge in [-0.15, -0.1) is 0 Å². The van der Waals surface area contributed by atoms with Gasteiger partial charge in [-0.1, -0.05) is 0 Å². The van der Waals surface area contributed by atoms with Gasteiger partial charge >= 0.3 is 6.18 Å². The molecule has 0 unspecified atom stereocenters. The number of furan rings is 1. The zero-order valence-electron chi connectivity index (χ0n) is 15.1. The van der Waals surface area contributed by atoms with Gasteiger partial charge in [0.25, 0.3) is 5.91 Å². The van der Waals surface area contributed by atoms with E-state index in [0.717, 1.165) is 6.26 Å². The average molecular weight is 416 g/mol. The number of hydrogen-bond acceptors (Lipinski definition) is 4. The van der Waals surface area contributed by atoms with E-state index in [0.29, 0.717) is 35.5 Å². The maximum Gasteiger partial charge on any atom is 0.406 e. The summed E-state index contributed by atoms with van der Waals surface area (Å²) in [6.07, 6.45) is -1.04. The molecule has 1 aromatic carbocycles. The fraction of sp³-hybridized carbons (Fsp3) is 0.389. The number of aryl methyl sites for hydroxylation is 1. The smallest absolute Gasteiger partial charge is 0.406 e. The Bertz CT molecular complexity index is 956. The topological polar surface area (TPSA) is 70.8 Å². The van der Waals surface area contributed by atoms with E-state index in [2.05, 4.69) is 0 Å². The molecule has 3 rings (SSSR count). The Hall–Kier alpha value is -2.49. The molecule has 1 aliphatic heterocycles. The third kappa shape index (κ3) is 4.67. The lowest BCUT2D eigenvalue weighted by Gasteiger charge is -2.30. The number of carbonyl (C=O) groups excluding carboxylic acids is 1. The molecule has 0 fully saturated rings. The van der Waals surface area contributed by atoms with Crippen LogP contribution in [-0.4, -0.2) is 44.7 Å². The lowest BCUT2D eigenvalue weighted by Crippen LogP contribution is -2.39. The van der Waals surface area contributed by atoms with E-state index in [-0.39, 0.29) is 17.9 Å². The number of anilines is 1. The molecule has 1 aliphatic rings. The van der Waals surface area contributed by atoms with Gasteiger partial charge < -0.3 is 9.32 Å². The van der Waals surface area contributed by atoms with Crippen LogP contribution in [0.4, 0.5) is 18.9 Å². The Morgan fingerprint density at radius 2 is 2.04 bits per heavy atom. The van der Waals surface area contributed by atoms with Gasteiger partial charge in [-0.05, 0) is 48.7 Å². The van der Waals surface area contributed by atoms with Gasteiger partial charge in [0.2, 0.25) is 10.0 Å². The second kappa shape index (κ2) is 7.50. The van der Waals surface area contributed by atoms with Gasteiger partial charge in [0.1, 0.15) is 12.3 Å². The van der Waals surface area contributed by atoms with Gasteiger partial charge in [0.15, 0.2) is 0 Å². The number of alkyl halides is 3. The highest BCUT2D eigenvalue weighted by Gasteiger charge is 2.34. The average Bonchev–Trinajstić information content (AvgIpc) is 3.10. The van der Waals surface area contributed by atoms with Gasteiger partial charge in [0, 0.05) is 12.1 Å². The molecule has 2 aromatic rings. The van der Waals surface area contributed by atoms with Crippen molar-refractivity contribution in [3.05, 3.63) is 53.5 Å². The highest BCUT2D eigenvalue weighted by molar-refractivity contribution is 7.92. The molecule has 152 valence electrons. The van der Waals surface area contributed by atoms with Crippen molar-refractivity contribution in [2.24, 2.45) is 0 Å². The van der Waals surface area contributed by atoms with Gasteiger partial charge in [-0.25, -0.2) is 8.42 Å². The van der Waals surface area contributed by atoms with Crippen LogP contribution in [0.15, 0.2) is 41.0 Å². The molecule has 0 radical (unpaired) electrons. The normalized spacial score (nSPS) is 14.6. The lowest BCUT2D eigenvalue weighted by molar-refractivity contribution is -0.142. The number of halogens is 3. The molecule has 10 heteroatoms. The number of sulfonamides is 1. The quantitative estimate of drug-likeness (QED) is 0.751. The Balaban J connectivity index is 1.91. The number of fused-ring (bicyclic) bond motifs is 1. The first kappa shape index (κ1) is 20.2. The molecular formula is C18H19F3N2O4S. The summed E-state index contributed by atoms with van der Waals surface area (Å²) in [5.74, 6) is -0.563. The van der Waals surface area contributed by atoms with Crippen LogP contribution in [0.3, 0.4) is 0 Å². The van der Waals surface area contributed by atoms with E-state index < -0.39 is 28.7 Å². The van der Waals surface area contributed by atoms with Crippen molar-refractivity contribution >= 4 is 21.6 Å². The SMILES string of the molecule is CS(=O)(=O)N1CCCc2cc(C(=O)N(Cc3ccco3)CC(F)(F)F)ccc21. The highest BCUT2D eigenvalue weighted by atomic mass is 32.2. The number of carbonyl (C=O) groups is 1. The summed E-state index contributed by atoms with van der Waals surface area (Å²) in [7, 11) is -3.47. The van der Waals surface area contributed by atoms with Crippen molar-refractivity contribution in [2.45, 2.75) is 25.6 Å². The number of hydrogen-bond donors (Lipinski definition) is 0. The summed E-state index contributed by atoms with van der Waals surface area (Å²) < 4.78 is 69.1. The molecule has 0 bridgehead atoms. The van der Waals surface area contributed by atoms with Crippen LogP contribution in [0.5, 0.6) is 0 Å². The van der Waals surface area contributed by atoms with Crippen LogP contribution < -0.4 is 4.31 Å². The molecule has 0 saturated carbocycles. The van der Waals surface area contributed by atoms with Crippen LogP contribution in [0.2, 0.25) is 0 Å². The standard InChI is InChI=1S/C18H19F3N2O4S/c1-28(25,26)23-8-2-4-13-10-14(6-7-16(13)23)17(24)22(12-18(19,20)21)11-15-5-3-9-27-15/h3,5-7,9-10H,2,4,8,11-12H2,1H3. The first-order valence-corrected chi connectivity index (χ1v) is 10.4. The molecule has 2 heterocycles. The number of amides is 1. The van der Waals surface area contributed by atoms with Crippen LogP contribution in [-0.2, 0) is 23.0 Å². The Morgan fingerprint density at radius 1 is 1.29 bits per heavy atom. The van der Waals surface area contributed by atoms with Gasteiger partial charge in [-0.3, -0.25) is 9.10 Å². The first-order valence-electron chi connectivity index (χ1n) is 8.53. The molecule has 1 aromatic heterocycles. The Labute approximate surface area is 160 Å². The first-order chi connectivity index (χ1) is 13.0. The zero-order chi connectivity index (χ0) is 20.5. The van der Waals surface area contributed by atoms with Gasteiger partial charge in [-0.2, -0.15) is 13.2 Å². The molecule has 0 spiro atoms. The molecule has 0 atom stereocenters. The molecule has 0 N–H and O–H groups in total. The molecule has 6 nitrogen and oxygen atoms in total. The largest absolute Gasteiger partial charge is 0.467 e. The monoisotopic (exact) mass is 416 g/mol. The van der Waals surface area contributed by atoms with Crippen molar-refractivity contribution in [1.29, 1.82) is 0 Å². The van der Waals surface area contributed by atoms with E-state index in [1.54, 1.807) is 0 Å². The molecule has 0 aliphatic carbocycles. The van der Waals surface area contributed by atoms with Crippen molar-refractivity contribution in [1.82, 2.24) is 4.90 Å². The third-order valence-corrected chi connectivity index (χ3v) is 5.57. The summed E-state index contributed by atoms with van der Waals surface area (Å²) in [4.78, 5) is 13.4. The molecule has 0 saturated heterocycles. The van der Waals surface area contributed by atoms with Crippen LogP contribution in [0, 0.1) is 0 Å². The number of benzene rings is 1. The zero-order valence-corrected chi connectivity index (χ0v) is 15.9. The van der Waals surface area contributed by atoms with Crippen LogP contribution in [0.25, 0.3) is 0 Å². The van der Waals surface area contributed by atoms with E-state index in [1.807, 2.05) is 0 Å². The lowest BCUT2D eigenvalue weighted by atomic mass is 10.00. The summed E-state index contributed by atoms with van der Waals surface area (Å²) in [6, 6.07) is 7.33. The van der Waals surface area contributed by atoms with Crippen molar-refractivity contribution in [3.63, 3.8) is 0 Å². The molecule has 28 heavy (non-hydrogen) atoms. The molecular weight excluding hydrogens is 397 g/mol. The predicted octanol–water partition coefficient (Wildman–Crippen LogP) is 3.20. The summed E-state index contributed by atoms with van der Waals surface area (Å²) >= 11 is 0. The van der Waals surface area contributed by atoms with E-state index >= 15 is 0 Å². The highest BCUT2D eigenvalue weighted by Crippen LogP contribution is 2.30. The van der Waals surface area contributed by atoms with Crippen molar-refractivity contribution in [3.8, 4) is 0 Å². The number of rotatable bonds is 5. The third-order valence-electron chi connectivity index (χ3n) is 4.39. The summed E-state index contributed by atoms with van der Waals surface area (Å²) in [6.45, 7) is -1.41. The minimum atomic E-state index is -4.57. The second-order valence-electron chi connectivity index (χ2n) is 6.64. The van der Waals surface area contributed by atoms with Gasteiger partial charge in [0.05, 0.1) is 24.8 Å². The minimum absolute atomic E-state index is 0.0740. The van der Waals surface area contributed by atoms with E-state index in [9.17, 15) is 26.4 Å². The fourth-order valence-electron chi connectivity index (χ4n) is 3.23. The minimum Gasteiger partial charge on any atom is -0.467 e. The molecule has 1 amide bonds. The predicted molar refractivity (Wildman–Crippen MR) is 96.5 cm³/mol. The van der Waals surface area contributed by atoms with Crippen LogP contribution >= 0.6 is 0 Å². The second-order valence-corrected chi connectivity index (χ2v) is 8.54. The van der Waals surface area contributed by atoms with Crippen LogP contribution in [0.1, 0.15) is 28.1 Å². The maximum absolute atomic E-state index is 13.0. The van der Waals surface area contributed by atoms with E-state index in [4.69, 9.17) is 4.42 Å². The maximum atomic E-state index is 13.0. The number of nitrogens with zero attached hydrogens (tertiary/aromatic N) is 2. The van der Waals surface area contributed by atoms with Crippen molar-refractivity contribution < 1.29 is 30.8 Å².